The average Bonchev–Trinajstić information content (AvgIpc) is 3.34. The van der Waals surface area contributed by atoms with Crippen molar-refractivity contribution in [3.8, 4) is 0 Å². The van der Waals surface area contributed by atoms with E-state index < -0.39 is 0 Å². The number of amides is 2. The molecule has 28 heavy (non-hydrogen) atoms. The highest BCUT2D eigenvalue weighted by molar-refractivity contribution is 6.45. The quantitative estimate of drug-likeness (QED) is 0.492. The Morgan fingerprint density at radius 2 is 1.46 bits per heavy atom. The summed E-state index contributed by atoms with van der Waals surface area (Å²) in [5.74, 6) is -1.20. The molecule has 1 heterocycles. The lowest BCUT2D eigenvalue weighted by molar-refractivity contribution is -0.122. The zero-order chi connectivity index (χ0) is 19.6. The zero-order valence-electron chi connectivity index (χ0n) is 15.1. The number of imide groups is 1. The molecule has 0 spiro atoms. The average molecular weight is 410 g/mol. The number of rotatable bonds is 2. The van der Waals surface area contributed by atoms with E-state index in [1.165, 1.54) is 10.5 Å². The van der Waals surface area contributed by atoms with Gasteiger partial charge in [0.2, 0.25) is 11.8 Å². The fraction of sp³-hybridized carbons (Fsp3) is 0.217. The molecular weight excluding hydrogens is 393 g/mol. The Balaban J connectivity index is 1.57. The van der Waals surface area contributed by atoms with Crippen LogP contribution in [0.4, 0.5) is 5.69 Å². The van der Waals surface area contributed by atoms with E-state index in [2.05, 4.69) is 31.2 Å². The second-order valence-corrected chi connectivity index (χ2v) is 8.30. The standard InChI is InChI=1S/C23H17Cl2NO2/c1-12(13-6-3-2-4-7-13)18-14-10-11-15(18)20-19(14)22(27)26(23(20)28)17-9-5-8-16(24)21(17)25/h2-11,14-15,19-20H,1H3/t14-,15-,19+,20+/m1/s1. The molecule has 1 saturated carbocycles. The Kier molecular flexibility index (Phi) is 4.01. The molecule has 140 valence electrons. The zero-order valence-corrected chi connectivity index (χ0v) is 16.6. The molecule has 2 aromatic rings. The van der Waals surface area contributed by atoms with Gasteiger partial charge in [0.1, 0.15) is 0 Å². The van der Waals surface area contributed by atoms with Crippen molar-refractivity contribution in [3.63, 3.8) is 0 Å². The van der Waals surface area contributed by atoms with E-state index >= 15 is 0 Å². The lowest BCUT2D eigenvalue weighted by atomic mass is 9.85. The first-order valence-corrected chi connectivity index (χ1v) is 10.0. The smallest absolute Gasteiger partial charge is 0.238 e. The van der Waals surface area contributed by atoms with Crippen LogP contribution in [-0.2, 0) is 9.59 Å². The number of anilines is 1. The number of halogens is 2. The van der Waals surface area contributed by atoms with Crippen molar-refractivity contribution in [2.75, 3.05) is 4.90 Å². The molecule has 2 bridgehead atoms. The topological polar surface area (TPSA) is 37.4 Å². The highest BCUT2D eigenvalue weighted by Crippen LogP contribution is 2.58. The van der Waals surface area contributed by atoms with Gasteiger partial charge in [-0.1, -0.05) is 77.3 Å². The van der Waals surface area contributed by atoms with Crippen LogP contribution in [0.25, 0.3) is 5.57 Å². The van der Waals surface area contributed by atoms with E-state index in [1.807, 2.05) is 18.2 Å². The monoisotopic (exact) mass is 409 g/mol. The largest absolute Gasteiger partial charge is 0.274 e. The predicted molar refractivity (Wildman–Crippen MR) is 111 cm³/mol. The van der Waals surface area contributed by atoms with Crippen molar-refractivity contribution in [3.05, 3.63) is 81.9 Å². The first-order valence-electron chi connectivity index (χ1n) is 9.27. The van der Waals surface area contributed by atoms with Gasteiger partial charge in [0.25, 0.3) is 0 Å². The first-order chi connectivity index (χ1) is 13.5. The summed E-state index contributed by atoms with van der Waals surface area (Å²) >= 11 is 12.4. The van der Waals surface area contributed by atoms with Gasteiger partial charge in [0.05, 0.1) is 27.6 Å². The van der Waals surface area contributed by atoms with Crippen LogP contribution >= 0.6 is 23.2 Å². The molecule has 1 aliphatic heterocycles. The van der Waals surface area contributed by atoms with Crippen LogP contribution in [-0.4, -0.2) is 11.8 Å². The maximum atomic E-state index is 13.3. The summed E-state index contributed by atoms with van der Waals surface area (Å²) in [5, 5.41) is 0.570. The van der Waals surface area contributed by atoms with Gasteiger partial charge < -0.3 is 0 Å². The van der Waals surface area contributed by atoms with Crippen molar-refractivity contribution in [1.29, 1.82) is 0 Å². The van der Waals surface area contributed by atoms with Gasteiger partial charge in [-0.3, -0.25) is 9.59 Å². The van der Waals surface area contributed by atoms with Crippen molar-refractivity contribution >= 4 is 46.3 Å². The Labute approximate surface area is 173 Å². The van der Waals surface area contributed by atoms with Gasteiger partial charge >= 0.3 is 0 Å². The summed E-state index contributed by atoms with van der Waals surface area (Å²) in [6.07, 6.45) is 4.17. The minimum atomic E-state index is -0.369. The number of fused-ring (bicyclic) bond motifs is 5. The van der Waals surface area contributed by atoms with Crippen LogP contribution in [0.15, 0.2) is 66.3 Å². The van der Waals surface area contributed by atoms with Crippen LogP contribution in [0, 0.1) is 23.7 Å². The van der Waals surface area contributed by atoms with Gasteiger partial charge in [-0.15, -0.1) is 0 Å². The second kappa shape index (κ2) is 6.33. The molecule has 0 N–H and O–H groups in total. The normalized spacial score (nSPS) is 27.7. The first kappa shape index (κ1) is 17.7. The molecule has 2 amide bonds. The van der Waals surface area contributed by atoms with Crippen LogP contribution in [0.2, 0.25) is 10.0 Å². The minimum absolute atomic E-state index is 0.0467. The molecule has 0 aromatic heterocycles. The molecule has 4 atom stereocenters. The summed E-state index contributed by atoms with van der Waals surface area (Å²) in [6.45, 7) is 2.08. The minimum Gasteiger partial charge on any atom is -0.274 e. The summed E-state index contributed by atoms with van der Waals surface area (Å²) in [5.41, 5.74) is 3.86. The fourth-order valence-corrected chi connectivity index (χ4v) is 5.40. The third-order valence-corrected chi connectivity index (χ3v) is 7.04. The molecule has 1 saturated heterocycles. The van der Waals surface area contributed by atoms with E-state index in [-0.39, 0.29) is 40.5 Å². The number of hydrogen-bond acceptors (Lipinski definition) is 2. The van der Waals surface area contributed by atoms with E-state index in [9.17, 15) is 9.59 Å². The van der Waals surface area contributed by atoms with Gasteiger partial charge in [-0.25, -0.2) is 4.90 Å². The lowest BCUT2D eigenvalue weighted by Gasteiger charge is -2.21. The molecule has 0 radical (unpaired) electrons. The van der Waals surface area contributed by atoms with Gasteiger partial charge in [-0.05, 0) is 30.2 Å². The van der Waals surface area contributed by atoms with Crippen molar-refractivity contribution in [2.24, 2.45) is 23.7 Å². The Hall–Kier alpha value is -2.36. The van der Waals surface area contributed by atoms with Crippen molar-refractivity contribution in [2.45, 2.75) is 6.92 Å². The highest BCUT2D eigenvalue weighted by Gasteiger charge is 2.62. The summed E-state index contributed by atoms with van der Waals surface area (Å²) in [4.78, 5) is 27.8. The molecular formula is C23H17Cl2NO2. The second-order valence-electron chi connectivity index (χ2n) is 7.52. The molecule has 3 nitrogen and oxygen atoms in total. The van der Waals surface area contributed by atoms with Crippen molar-refractivity contribution < 1.29 is 9.59 Å². The molecule has 5 rings (SSSR count). The fourth-order valence-electron chi connectivity index (χ4n) is 5.02. The third-order valence-electron chi connectivity index (χ3n) is 6.23. The van der Waals surface area contributed by atoms with E-state index in [0.717, 1.165) is 11.1 Å². The van der Waals surface area contributed by atoms with E-state index in [1.54, 1.807) is 18.2 Å². The number of allylic oxidation sites excluding steroid dienone is 4. The highest BCUT2D eigenvalue weighted by atomic mass is 35.5. The maximum Gasteiger partial charge on any atom is 0.238 e. The Morgan fingerprint density at radius 3 is 2.07 bits per heavy atom. The molecule has 3 aliphatic rings. The molecule has 5 heteroatoms. The summed E-state index contributed by atoms with van der Waals surface area (Å²) in [6, 6.07) is 15.1. The molecule has 2 aliphatic carbocycles. The number of benzene rings is 2. The SMILES string of the molecule is CC(=C1[C@H]2C=C[C@H]1[C@@H]1C(=O)N(c3cccc(Cl)c3Cl)C(=O)[C@H]12)c1ccccc1. The Bertz CT molecular complexity index is 1040. The number of carbonyl (C=O) groups is 2. The summed E-state index contributed by atoms with van der Waals surface area (Å²) < 4.78 is 0. The Morgan fingerprint density at radius 1 is 0.857 bits per heavy atom. The van der Waals surface area contributed by atoms with Crippen LogP contribution in [0.3, 0.4) is 0 Å². The predicted octanol–water partition coefficient (Wildman–Crippen LogP) is 5.39. The molecule has 2 fully saturated rings. The number of hydrogen-bond donors (Lipinski definition) is 0. The molecule has 0 unspecified atom stereocenters. The lowest BCUT2D eigenvalue weighted by Crippen LogP contribution is -2.33. The number of nitrogens with zero attached hydrogens (tertiary/aromatic N) is 1. The van der Waals surface area contributed by atoms with Crippen LogP contribution in [0.5, 0.6) is 0 Å². The van der Waals surface area contributed by atoms with Crippen LogP contribution < -0.4 is 4.90 Å². The van der Waals surface area contributed by atoms with Crippen LogP contribution in [0.1, 0.15) is 12.5 Å². The molecule has 2 aromatic carbocycles. The van der Waals surface area contributed by atoms with E-state index in [4.69, 9.17) is 23.2 Å². The third kappa shape index (κ3) is 2.30. The van der Waals surface area contributed by atoms with E-state index in [0.29, 0.717) is 10.7 Å². The van der Waals surface area contributed by atoms with Crippen molar-refractivity contribution in [1.82, 2.24) is 0 Å². The number of carbonyl (C=O) groups excluding carboxylic acids is 2. The van der Waals surface area contributed by atoms with Gasteiger partial charge in [0, 0.05) is 11.8 Å². The van der Waals surface area contributed by atoms with Gasteiger partial charge in [0.15, 0.2) is 0 Å². The summed E-state index contributed by atoms with van der Waals surface area (Å²) in [7, 11) is 0. The van der Waals surface area contributed by atoms with Gasteiger partial charge in [-0.2, -0.15) is 0 Å². The maximum absolute atomic E-state index is 13.3.